The molecule has 0 bridgehead atoms. The van der Waals surface area contributed by atoms with Gasteiger partial charge in [0.1, 0.15) is 0 Å². The summed E-state index contributed by atoms with van der Waals surface area (Å²) in [5, 5.41) is 3.91. The summed E-state index contributed by atoms with van der Waals surface area (Å²) >= 11 is 6.04. The summed E-state index contributed by atoms with van der Waals surface area (Å²) in [6.45, 7) is 3.07. The number of aryl methyl sites for hydroxylation is 1. The van der Waals surface area contributed by atoms with Crippen LogP contribution >= 0.6 is 11.6 Å². The lowest BCUT2D eigenvalue weighted by Crippen LogP contribution is -2.05. The van der Waals surface area contributed by atoms with E-state index in [0.717, 1.165) is 23.6 Å². The minimum atomic E-state index is 0.816. The Labute approximate surface area is 90.8 Å². The summed E-state index contributed by atoms with van der Waals surface area (Å²) in [6.07, 6.45) is 5.24. The van der Waals surface area contributed by atoms with Gasteiger partial charge in [0.05, 0.1) is 0 Å². The fourth-order valence-electron chi connectivity index (χ4n) is 1.23. The smallest absolute Gasteiger partial charge is 0.0478 e. The summed E-state index contributed by atoms with van der Waals surface area (Å²) < 4.78 is 0. The summed E-state index contributed by atoms with van der Waals surface area (Å²) in [7, 11) is 1.95. The Morgan fingerprint density at radius 1 is 1.43 bits per heavy atom. The van der Waals surface area contributed by atoms with Gasteiger partial charge in [0, 0.05) is 5.02 Å². The van der Waals surface area contributed by atoms with Crippen molar-refractivity contribution in [2.24, 2.45) is 0 Å². The molecule has 0 saturated carbocycles. The molecule has 1 nitrogen and oxygen atoms in total. The zero-order chi connectivity index (χ0) is 10.4. The normalized spacial score (nSPS) is 11.1. The SMILES string of the molecule is CNCCC=Cc1cc(C)ccc1Cl. The van der Waals surface area contributed by atoms with E-state index >= 15 is 0 Å². The van der Waals surface area contributed by atoms with Crippen LogP contribution in [0.25, 0.3) is 6.08 Å². The number of nitrogens with one attached hydrogen (secondary N) is 1. The van der Waals surface area contributed by atoms with Gasteiger partial charge in [-0.05, 0) is 38.6 Å². The van der Waals surface area contributed by atoms with Gasteiger partial charge < -0.3 is 5.32 Å². The predicted octanol–water partition coefficient (Wildman–Crippen LogP) is 3.27. The van der Waals surface area contributed by atoms with Gasteiger partial charge >= 0.3 is 0 Å². The summed E-state index contributed by atoms with van der Waals surface area (Å²) in [5.74, 6) is 0. The molecule has 0 aliphatic carbocycles. The van der Waals surface area contributed by atoms with E-state index in [1.165, 1.54) is 5.56 Å². The molecule has 0 saturated heterocycles. The fraction of sp³-hybridized carbons (Fsp3) is 0.333. The van der Waals surface area contributed by atoms with Gasteiger partial charge in [0.2, 0.25) is 0 Å². The first-order valence-corrected chi connectivity index (χ1v) is 5.19. The molecule has 0 atom stereocenters. The van der Waals surface area contributed by atoms with Crippen LogP contribution in [0.5, 0.6) is 0 Å². The topological polar surface area (TPSA) is 12.0 Å². The molecule has 0 unspecified atom stereocenters. The van der Waals surface area contributed by atoms with Crippen molar-refractivity contribution in [1.82, 2.24) is 5.32 Å². The lowest BCUT2D eigenvalue weighted by Gasteiger charge is -1.99. The lowest BCUT2D eigenvalue weighted by atomic mass is 10.1. The maximum atomic E-state index is 6.04. The number of hydrogen-bond acceptors (Lipinski definition) is 1. The first kappa shape index (κ1) is 11.3. The summed E-state index contributed by atoms with van der Waals surface area (Å²) in [5.41, 5.74) is 2.34. The Balaban J connectivity index is 2.65. The summed E-state index contributed by atoms with van der Waals surface area (Å²) in [4.78, 5) is 0. The van der Waals surface area contributed by atoms with Gasteiger partial charge in [-0.1, -0.05) is 41.4 Å². The van der Waals surface area contributed by atoms with Crippen molar-refractivity contribution in [3.05, 3.63) is 40.4 Å². The highest BCUT2D eigenvalue weighted by molar-refractivity contribution is 6.32. The zero-order valence-electron chi connectivity index (χ0n) is 8.68. The highest BCUT2D eigenvalue weighted by Crippen LogP contribution is 2.18. The Bertz CT molecular complexity index is 318. The Morgan fingerprint density at radius 2 is 2.21 bits per heavy atom. The van der Waals surface area contributed by atoms with Crippen molar-refractivity contribution in [3.63, 3.8) is 0 Å². The first-order valence-electron chi connectivity index (χ1n) is 4.81. The molecule has 1 aromatic rings. The van der Waals surface area contributed by atoms with E-state index in [1.807, 2.05) is 19.2 Å². The molecular formula is C12H16ClN. The van der Waals surface area contributed by atoms with Crippen LogP contribution in [0.1, 0.15) is 17.5 Å². The molecule has 0 aliphatic heterocycles. The Hall–Kier alpha value is -0.790. The van der Waals surface area contributed by atoms with E-state index in [9.17, 15) is 0 Å². The fourth-order valence-corrected chi connectivity index (χ4v) is 1.41. The maximum absolute atomic E-state index is 6.04. The number of halogens is 1. The van der Waals surface area contributed by atoms with Crippen LogP contribution in [0, 0.1) is 6.92 Å². The van der Waals surface area contributed by atoms with Crippen molar-refractivity contribution in [2.45, 2.75) is 13.3 Å². The molecule has 1 aromatic carbocycles. The predicted molar refractivity (Wildman–Crippen MR) is 63.8 cm³/mol. The van der Waals surface area contributed by atoms with Gasteiger partial charge in [0.15, 0.2) is 0 Å². The minimum Gasteiger partial charge on any atom is -0.319 e. The highest BCUT2D eigenvalue weighted by Gasteiger charge is 1.95. The van der Waals surface area contributed by atoms with Gasteiger partial charge in [-0.2, -0.15) is 0 Å². The second kappa shape index (κ2) is 5.84. The number of benzene rings is 1. The Morgan fingerprint density at radius 3 is 2.93 bits per heavy atom. The maximum Gasteiger partial charge on any atom is 0.0478 e. The standard InChI is InChI=1S/C12H16ClN/c1-10-6-7-12(13)11(9-10)5-3-4-8-14-2/h3,5-7,9,14H,4,8H2,1-2H3. The molecule has 76 valence electrons. The van der Waals surface area contributed by atoms with Crippen LogP contribution in [0.15, 0.2) is 24.3 Å². The molecule has 0 fully saturated rings. The zero-order valence-corrected chi connectivity index (χ0v) is 9.43. The van der Waals surface area contributed by atoms with Crippen molar-refractivity contribution in [1.29, 1.82) is 0 Å². The van der Waals surface area contributed by atoms with Gasteiger partial charge in [-0.15, -0.1) is 0 Å². The monoisotopic (exact) mass is 209 g/mol. The lowest BCUT2D eigenvalue weighted by molar-refractivity contribution is 0.809. The van der Waals surface area contributed by atoms with Crippen molar-refractivity contribution < 1.29 is 0 Å². The van der Waals surface area contributed by atoms with Crippen LogP contribution in [0.4, 0.5) is 0 Å². The quantitative estimate of drug-likeness (QED) is 0.751. The molecule has 0 radical (unpaired) electrons. The average molecular weight is 210 g/mol. The van der Waals surface area contributed by atoms with Crippen LogP contribution in [-0.2, 0) is 0 Å². The second-order valence-corrected chi connectivity index (χ2v) is 3.73. The third kappa shape index (κ3) is 3.52. The molecule has 1 N–H and O–H groups in total. The molecule has 0 amide bonds. The molecule has 14 heavy (non-hydrogen) atoms. The van der Waals surface area contributed by atoms with Crippen LogP contribution in [0.3, 0.4) is 0 Å². The Kier molecular flexibility index (Phi) is 4.71. The summed E-state index contributed by atoms with van der Waals surface area (Å²) in [6, 6.07) is 6.06. The minimum absolute atomic E-state index is 0.816. The third-order valence-corrected chi connectivity index (χ3v) is 2.35. The van der Waals surface area contributed by atoms with E-state index in [4.69, 9.17) is 11.6 Å². The van der Waals surface area contributed by atoms with E-state index in [1.54, 1.807) is 0 Å². The van der Waals surface area contributed by atoms with Crippen molar-refractivity contribution >= 4 is 17.7 Å². The molecular weight excluding hydrogens is 194 g/mol. The van der Waals surface area contributed by atoms with Crippen molar-refractivity contribution in [2.75, 3.05) is 13.6 Å². The third-order valence-electron chi connectivity index (χ3n) is 2.01. The molecule has 0 aliphatic rings. The van der Waals surface area contributed by atoms with Crippen molar-refractivity contribution in [3.8, 4) is 0 Å². The van der Waals surface area contributed by atoms with Gasteiger partial charge in [-0.25, -0.2) is 0 Å². The molecule has 2 heteroatoms. The largest absolute Gasteiger partial charge is 0.319 e. The molecule has 0 spiro atoms. The molecule has 1 rings (SSSR count). The number of rotatable bonds is 4. The first-order chi connectivity index (χ1) is 6.74. The second-order valence-electron chi connectivity index (χ2n) is 3.32. The van der Waals surface area contributed by atoms with Gasteiger partial charge in [-0.3, -0.25) is 0 Å². The number of hydrogen-bond donors (Lipinski definition) is 1. The molecule has 0 heterocycles. The van der Waals surface area contributed by atoms with E-state index < -0.39 is 0 Å². The van der Waals surface area contributed by atoms with E-state index in [0.29, 0.717) is 0 Å². The molecule has 0 aromatic heterocycles. The average Bonchev–Trinajstić information content (AvgIpc) is 2.18. The van der Waals surface area contributed by atoms with Crippen LogP contribution in [0.2, 0.25) is 5.02 Å². The van der Waals surface area contributed by atoms with E-state index in [2.05, 4.69) is 30.5 Å². The highest BCUT2D eigenvalue weighted by atomic mass is 35.5. The van der Waals surface area contributed by atoms with E-state index in [-0.39, 0.29) is 0 Å². The van der Waals surface area contributed by atoms with Crippen LogP contribution < -0.4 is 5.32 Å². The van der Waals surface area contributed by atoms with Gasteiger partial charge in [0.25, 0.3) is 0 Å². The van der Waals surface area contributed by atoms with Crippen LogP contribution in [-0.4, -0.2) is 13.6 Å².